The Kier molecular flexibility index (Phi) is 4.27. The maximum Gasteiger partial charge on any atom is 0.328 e. The van der Waals surface area contributed by atoms with Crippen LogP contribution >= 0.6 is 0 Å². The van der Waals surface area contributed by atoms with Gasteiger partial charge in [0.25, 0.3) is 0 Å². The van der Waals surface area contributed by atoms with Gasteiger partial charge in [0, 0.05) is 17.7 Å². The van der Waals surface area contributed by atoms with Crippen LogP contribution < -0.4 is 4.74 Å². The molecule has 0 aromatic heterocycles. The van der Waals surface area contributed by atoms with Crippen molar-refractivity contribution in [1.29, 1.82) is 0 Å². The van der Waals surface area contributed by atoms with Gasteiger partial charge in [0.2, 0.25) is 0 Å². The molecule has 0 aliphatic heterocycles. The van der Waals surface area contributed by atoms with Crippen molar-refractivity contribution in [2.75, 3.05) is 0 Å². The summed E-state index contributed by atoms with van der Waals surface area (Å²) in [4.78, 5) is 10.5. The van der Waals surface area contributed by atoms with E-state index < -0.39 is 23.4 Å². The number of benzene rings is 2. The van der Waals surface area contributed by atoms with Crippen molar-refractivity contribution in [3.8, 4) is 11.5 Å². The second-order valence-electron chi connectivity index (χ2n) is 4.03. The van der Waals surface area contributed by atoms with Crippen molar-refractivity contribution >= 4 is 12.0 Å². The highest BCUT2D eigenvalue weighted by Crippen LogP contribution is 2.28. The summed E-state index contributed by atoms with van der Waals surface area (Å²) in [5, 5.41) is 8.58. The normalized spacial score (nSPS) is 10.8. The molecule has 0 amide bonds. The summed E-state index contributed by atoms with van der Waals surface area (Å²) in [5.41, 5.74) is 0.155. The van der Waals surface area contributed by atoms with E-state index in [9.17, 15) is 18.0 Å². The number of rotatable bonds is 4. The first-order chi connectivity index (χ1) is 9.95. The second kappa shape index (κ2) is 6.13. The maximum absolute atomic E-state index is 13.2. The highest BCUT2D eigenvalue weighted by Gasteiger charge is 2.08. The number of carboxylic acids is 1. The first kappa shape index (κ1) is 14.6. The average Bonchev–Trinajstić information content (AvgIpc) is 2.43. The summed E-state index contributed by atoms with van der Waals surface area (Å²) in [7, 11) is 0. The zero-order valence-electron chi connectivity index (χ0n) is 10.5. The van der Waals surface area contributed by atoms with Crippen molar-refractivity contribution in [2.24, 2.45) is 0 Å². The first-order valence-corrected chi connectivity index (χ1v) is 5.79. The quantitative estimate of drug-likeness (QED) is 0.867. The van der Waals surface area contributed by atoms with Gasteiger partial charge in [0.05, 0.1) is 0 Å². The summed E-state index contributed by atoms with van der Waals surface area (Å²) in [6.45, 7) is 0. The Labute approximate surface area is 117 Å². The maximum atomic E-state index is 13.2. The van der Waals surface area contributed by atoms with Gasteiger partial charge in [-0.15, -0.1) is 0 Å². The molecule has 2 rings (SSSR count). The number of aliphatic carboxylic acids is 1. The lowest BCUT2D eigenvalue weighted by molar-refractivity contribution is -0.131. The van der Waals surface area contributed by atoms with Crippen molar-refractivity contribution in [3.05, 3.63) is 65.5 Å². The summed E-state index contributed by atoms with van der Waals surface area (Å²) in [5.74, 6) is -3.79. The molecule has 0 heterocycles. The van der Waals surface area contributed by atoms with Gasteiger partial charge in [-0.3, -0.25) is 0 Å². The largest absolute Gasteiger partial charge is 0.478 e. The SMILES string of the molecule is O=C(O)/C=C/c1cc(F)ccc1Oc1ccc(F)c(F)c1. The van der Waals surface area contributed by atoms with E-state index in [0.29, 0.717) is 0 Å². The molecular formula is C15H9F3O3. The molecule has 2 aromatic carbocycles. The summed E-state index contributed by atoms with van der Waals surface area (Å²) >= 11 is 0. The van der Waals surface area contributed by atoms with Gasteiger partial charge in [0.15, 0.2) is 11.6 Å². The van der Waals surface area contributed by atoms with Crippen LogP contribution in [0.4, 0.5) is 13.2 Å². The predicted octanol–water partition coefficient (Wildman–Crippen LogP) is 3.99. The third kappa shape index (κ3) is 3.85. The van der Waals surface area contributed by atoms with E-state index in [0.717, 1.165) is 36.4 Å². The number of carboxylic acid groups (broad SMARTS) is 1. The molecule has 0 fully saturated rings. The molecule has 0 bridgehead atoms. The van der Waals surface area contributed by atoms with Crippen LogP contribution in [0.25, 0.3) is 6.08 Å². The van der Waals surface area contributed by atoms with Gasteiger partial charge in [-0.1, -0.05) is 0 Å². The molecule has 0 spiro atoms. The zero-order chi connectivity index (χ0) is 15.4. The molecule has 2 aromatic rings. The fraction of sp³-hybridized carbons (Fsp3) is 0. The van der Waals surface area contributed by atoms with Crippen LogP contribution in [0, 0.1) is 17.5 Å². The molecule has 1 N–H and O–H groups in total. The molecule has 3 nitrogen and oxygen atoms in total. The van der Waals surface area contributed by atoms with E-state index in [4.69, 9.17) is 9.84 Å². The second-order valence-corrected chi connectivity index (χ2v) is 4.03. The lowest BCUT2D eigenvalue weighted by Gasteiger charge is -2.09. The minimum atomic E-state index is -1.21. The van der Waals surface area contributed by atoms with E-state index in [2.05, 4.69) is 0 Å². The first-order valence-electron chi connectivity index (χ1n) is 5.79. The summed E-state index contributed by atoms with van der Waals surface area (Å²) in [6.07, 6.45) is 1.95. The van der Waals surface area contributed by atoms with Crippen LogP contribution in [-0.2, 0) is 4.79 Å². The molecule has 0 radical (unpaired) electrons. The van der Waals surface area contributed by atoms with Gasteiger partial charge >= 0.3 is 5.97 Å². The highest BCUT2D eigenvalue weighted by atomic mass is 19.2. The molecule has 21 heavy (non-hydrogen) atoms. The number of hydrogen-bond acceptors (Lipinski definition) is 2. The number of hydrogen-bond donors (Lipinski definition) is 1. The topological polar surface area (TPSA) is 46.5 Å². The lowest BCUT2D eigenvalue weighted by Crippen LogP contribution is -1.92. The molecule has 0 saturated carbocycles. The third-order valence-corrected chi connectivity index (χ3v) is 2.50. The molecule has 108 valence electrons. The van der Waals surface area contributed by atoms with Crippen LogP contribution in [-0.4, -0.2) is 11.1 Å². The van der Waals surface area contributed by atoms with E-state index >= 15 is 0 Å². The van der Waals surface area contributed by atoms with E-state index in [1.807, 2.05) is 0 Å². The van der Waals surface area contributed by atoms with E-state index in [1.54, 1.807) is 0 Å². The molecule has 6 heteroatoms. The lowest BCUT2D eigenvalue weighted by atomic mass is 10.2. The predicted molar refractivity (Wildman–Crippen MR) is 69.5 cm³/mol. The van der Waals surface area contributed by atoms with Crippen molar-refractivity contribution in [2.45, 2.75) is 0 Å². The number of carbonyl (C=O) groups is 1. The molecule has 0 unspecified atom stereocenters. The van der Waals surface area contributed by atoms with Gasteiger partial charge in [0.1, 0.15) is 17.3 Å². The van der Waals surface area contributed by atoms with Gasteiger partial charge in [-0.25, -0.2) is 18.0 Å². The third-order valence-electron chi connectivity index (χ3n) is 2.50. The zero-order valence-corrected chi connectivity index (χ0v) is 10.5. The smallest absolute Gasteiger partial charge is 0.328 e. The molecule has 0 saturated heterocycles. The van der Waals surface area contributed by atoms with Crippen molar-refractivity contribution < 1.29 is 27.8 Å². The Morgan fingerprint density at radius 2 is 1.81 bits per heavy atom. The molecular weight excluding hydrogens is 285 g/mol. The minimum absolute atomic E-state index is 0.00508. The standard InChI is InChI=1S/C15H9F3O3/c16-10-2-5-14(9(7-10)1-6-15(19)20)21-11-3-4-12(17)13(18)8-11/h1-8H,(H,19,20)/b6-1+. The minimum Gasteiger partial charge on any atom is -0.478 e. The number of ether oxygens (including phenoxy) is 1. The van der Waals surface area contributed by atoms with Crippen molar-refractivity contribution in [1.82, 2.24) is 0 Å². The van der Waals surface area contributed by atoms with Gasteiger partial charge in [-0.2, -0.15) is 0 Å². The molecule has 0 atom stereocenters. The Balaban J connectivity index is 2.34. The Morgan fingerprint density at radius 3 is 2.48 bits per heavy atom. The fourth-order valence-corrected chi connectivity index (χ4v) is 1.57. The Bertz CT molecular complexity index is 711. The molecule has 0 aliphatic carbocycles. The molecule has 0 aliphatic rings. The summed E-state index contributed by atoms with van der Waals surface area (Å²) < 4.78 is 44.4. The van der Waals surface area contributed by atoms with E-state index in [1.165, 1.54) is 12.1 Å². The van der Waals surface area contributed by atoms with Crippen LogP contribution in [0.1, 0.15) is 5.56 Å². The Morgan fingerprint density at radius 1 is 1.05 bits per heavy atom. The Hall–Kier alpha value is -2.76. The summed E-state index contributed by atoms with van der Waals surface area (Å²) in [6, 6.07) is 6.36. The van der Waals surface area contributed by atoms with Gasteiger partial charge < -0.3 is 9.84 Å². The van der Waals surface area contributed by atoms with Crippen LogP contribution in [0.15, 0.2) is 42.5 Å². The van der Waals surface area contributed by atoms with Crippen LogP contribution in [0.3, 0.4) is 0 Å². The monoisotopic (exact) mass is 294 g/mol. The van der Waals surface area contributed by atoms with Crippen LogP contribution in [0.2, 0.25) is 0 Å². The van der Waals surface area contributed by atoms with Crippen LogP contribution in [0.5, 0.6) is 11.5 Å². The number of halogens is 3. The average molecular weight is 294 g/mol. The fourth-order valence-electron chi connectivity index (χ4n) is 1.57. The van der Waals surface area contributed by atoms with E-state index in [-0.39, 0.29) is 17.1 Å². The van der Waals surface area contributed by atoms with Crippen molar-refractivity contribution in [3.63, 3.8) is 0 Å². The van der Waals surface area contributed by atoms with Gasteiger partial charge in [-0.05, 0) is 36.4 Å². The highest BCUT2D eigenvalue weighted by molar-refractivity contribution is 5.85.